The fourth-order valence-electron chi connectivity index (χ4n) is 1.40. The maximum absolute atomic E-state index is 12.9. The maximum atomic E-state index is 12.9. The second-order valence-corrected chi connectivity index (χ2v) is 5.11. The summed E-state index contributed by atoms with van der Waals surface area (Å²) in [4.78, 5) is 23.0. The first-order chi connectivity index (χ1) is 8.78. The number of halogens is 1. The molecule has 0 heterocycles. The molecule has 104 valence electrons. The fraction of sp³-hybridized carbons (Fsp3) is 0.429. The molecule has 0 aliphatic carbocycles. The molecule has 4 nitrogen and oxygen atoms in total. The molecule has 0 fully saturated rings. The summed E-state index contributed by atoms with van der Waals surface area (Å²) in [5.41, 5.74) is -0.276. The Morgan fingerprint density at radius 1 is 1.32 bits per heavy atom. The Balaban J connectivity index is 2.37. The van der Waals surface area contributed by atoms with Crippen LogP contribution in [0.2, 0.25) is 0 Å². The SMILES string of the molecule is CC(C)(C)OC(=O)NCCC(=O)c1cccc(F)c1. The summed E-state index contributed by atoms with van der Waals surface area (Å²) in [7, 11) is 0. The van der Waals surface area contributed by atoms with Crippen LogP contribution in [0.3, 0.4) is 0 Å². The number of carbonyl (C=O) groups excluding carboxylic acids is 2. The zero-order chi connectivity index (χ0) is 14.5. The third kappa shape index (κ3) is 5.99. The second kappa shape index (κ2) is 6.31. The highest BCUT2D eigenvalue weighted by Crippen LogP contribution is 2.07. The van der Waals surface area contributed by atoms with E-state index in [1.807, 2.05) is 0 Å². The molecule has 0 radical (unpaired) electrons. The Labute approximate surface area is 112 Å². The normalized spacial score (nSPS) is 10.9. The van der Waals surface area contributed by atoms with Crippen LogP contribution >= 0.6 is 0 Å². The van der Waals surface area contributed by atoms with Gasteiger partial charge in [-0.25, -0.2) is 9.18 Å². The van der Waals surface area contributed by atoms with Crippen LogP contribution < -0.4 is 5.32 Å². The van der Waals surface area contributed by atoms with E-state index >= 15 is 0 Å². The second-order valence-electron chi connectivity index (χ2n) is 5.11. The first kappa shape index (κ1) is 15.1. The monoisotopic (exact) mass is 267 g/mol. The number of alkyl carbamates (subject to hydrolysis) is 1. The fourth-order valence-corrected chi connectivity index (χ4v) is 1.40. The summed E-state index contributed by atoms with van der Waals surface area (Å²) >= 11 is 0. The van der Waals surface area contributed by atoms with Gasteiger partial charge in [-0.1, -0.05) is 12.1 Å². The topological polar surface area (TPSA) is 55.4 Å². The molecule has 0 saturated heterocycles. The number of amides is 1. The number of Topliss-reactive ketones (excluding diaryl/α,β-unsaturated/α-hetero) is 1. The molecule has 0 spiro atoms. The first-order valence-corrected chi connectivity index (χ1v) is 6.03. The van der Waals surface area contributed by atoms with Crippen LogP contribution in [0.4, 0.5) is 9.18 Å². The number of hydrogen-bond donors (Lipinski definition) is 1. The van der Waals surface area contributed by atoms with E-state index in [1.54, 1.807) is 26.8 Å². The minimum absolute atomic E-state index is 0.0999. The molecular weight excluding hydrogens is 249 g/mol. The number of benzene rings is 1. The van der Waals surface area contributed by atoms with E-state index in [1.165, 1.54) is 18.2 Å². The number of carbonyl (C=O) groups is 2. The summed E-state index contributed by atoms with van der Waals surface area (Å²) in [5, 5.41) is 2.48. The smallest absolute Gasteiger partial charge is 0.407 e. The van der Waals surface area contributed by atoms with E-state index < -0.39 is 17.5 Å². The minimum Gasteiger partial charge on any atom is -0.444 e. The van der Waals surface area contributed by atoms with Gasteiger partial charge in [0, 0.05) is 18.5 Å². The highest BCUT2D eigenvalue weighted by molar-refractivity contribution is 5.96. The first-order valence-electron chi connectivity index (χ1n) is 6.03. The van der Waals surface area contributed by atoms with Crippen molar-refractivity contribution in [2.24, 2.45) is 0 Å². The zero-order valence-corrected chi connectivity index (χ0v) is 11.3. The number of hydrogen-bond acceptors (Lipinski definition) is 3. The van der Waals surface area contributed by atoms with Crippen LogP contribution in [0.1, 0.15) is 37.6 Å². The summed E-state index contributed by atoms with van der Waals surface area (Å²) < 4.78 is 17.9. The lowest BCUT2D eigenvalue weighted by Gasteiger charge is -2.19. The van der Waals surface area contributed by atoms with Gasteiger partial charge in [0.15, 0.2) is 5.78 Å². The molecule has 0 atom stereocenters. The molecule has 19 heavy (non-hydrogen) atoms. The van der Waals surface area contributed by atoms with Crippen molar-refractivity contribution in [3.8, 4) is 0 Å². The van der Waals surface area contributed by atoms with E-state index in [4.69, 9.17) is 4.74 Å². The van der Waals surface area contributed by atoms with Crippen LogP contribution in [-0.4, -0.2) is 24.0 Å². The quantitative estimate of drug-likeness (QED) is 0.853. The van der Waals surface area contributed by atoms with Crippen LogP contribution in [0.15, 0.2) is 24.3 Å². The molecule has 1 aromatic rings. The number of ketones is 1. The molecule has 1 rings (SSSR count). The van der Waals surface area contributed by atoms with Crippen LogP contribution in [0.25, 0.3) is 0 Å². The lowest BCUT2D eigenvalue weighted by Crippen LogP contribution is -2.33. The highest BCUT2D eigenvalue weighted by atomic mass is 19.1. The summed E-state index contributed by atoms with van der Waals surface area (Å²) in [6.07, 6.45) is -0.470. The number of nitrogens with one attached hydrogen (secondary N) is 1. The van der Waals surface area contributed by atoms with Gasteiger partial charge < -0.3 is 10.1 Å². The van der Waals surface area contributed by atoms with E-state index in [0.717, 1.165) is 0 Å². The molecule has 1 aromatic carbocycles. The molecule has 0 aliphatic rings. The third-order valence-corrected chi connectivity index (χ3v) is 2.17. The van der Waals surface area contributed by atoms with Gasteiger partial charge in [-0.15, -0.1) is 0 Å². The summed E-state index contributed by atoms with van der Waals surface area (Å²) in [5.74, 6) is -0.679. The van der Waals surface area contributed by atoms with Crippen molar-refractivity contribution in [1.29, 1.82) is 0 Å². The van der Waals surface area contributed by atoms with Gasteiger partial charge in [-0.2, -0.15) is 0 Å². The average Bonchev–Trinajstić information content (AvgIpc) is 2.26. The van der Waals surface area contributed by atoms with Crippen molar-refractivity contribution < 1.29 is 18.7 Å². The van der Waals surface area contributed by atoms with Gasteiger partial charge in [0.25, 0.3) is 0 Å². The van der Waals surface area contributed by atoms with E-state index in [-0.39, 0.29) is 18.7 Å². The van der Waals surface area contributed by atoms with Crippen LogP contribution in [0, 0.1) is 5.82 Å². The zero-order valence-electron chi connectivity index (χ0n) is 11.3. The summed E-state index contributed by atoms with van der Waals surface area (Å²) in [6.45, 7) is 5.42. The van der Waals surface area contributed by atoms with Crippen molar-refractivity contribution in [2.45, 2.75) is 32.8 Å². The highest BCUT2D eigenvalue weighted by Gasteiger charge is 2.16. The molecular formula is C14H18FNO3. The van der Waals surface area contributed by atoms with Crippen LogP contribution in [-0.2, 0) is 4.74 Å². The number of rotatable bonds is 4. The Kier molecular flexibility index (Phi) is 5.03. The molecule has 0 aliphatic heterocycles. The minimum atomic E-state index is -0.573. The molecule has 5 heteroatoms. The van der Waals surface area contributed by atoms with E-state index in [0.29, 0.717) is 5.56 Å². The largest absolute Gasteiger partial charge is 0.444 e. The Morgan fingerprint density at radius 2 is 2.00 bits per heavy atom. The molecule has 1 amide bonds. The lowest BCUT2D eigenvalue weighted by molar-refractivity contribution is 0.0527. The van der Waals surface area contributed by atoms with Gasteiger partial charge in [0.1, 0.15) is 11.4 Å². The molecule has 0 saturated carbocycles. The molecule has 0 bridgehead atoms. The standard InChI is InChI=1S/C14H18FNO3/c1-14(2,3)19-13(18)16-8-7-12(17)10-5-4-6-11(15)9-10/h4-6,9H,7-8H2,1-3H3,(H,16,18). The van der Waals surface area contributed by atoms with Gasteiger partial charge >= 0.3 is 6.09 Å². The summed E-state index contributed by atoms with van der Waals surface area (Å²) in [6, 6.07) is 5.47. The predicted octanol–water partition coefficient (Wildman–Crippen LogP) is 2.92. The number of ether oxygens (including phenoxy) is 1. The Hall–Kier alpha value is -1.91. The lowest BCUT2D eigenvalue weighted by atomic mass is 10.1. The molecule has 0 aromatic heterocycles. The van der Waals surface area contributed by atoms with Gasteiger partial charge in [0.05, 0.1) is 0 Å². The van der Waals surface area contributed by atoms with Gasteiger partial charge in [-0.05, 0) is 32.9 Å². The Bertz CT molecular complexity index is 466. The van der Waals surface area contributed by atoms with E-state index in [2.05, 4.69) is 5.32 Å². The van der Waals surface area contributed by atoms with Crippen molar-refractivity contribution in [2.75, 3.05) is 6.54 Å². The Morgan fingerprint density at radius 3 is 2.58 bits per heavy atom. The molecule has 0 unspecified atom stereocenters. The van der Waals surface area contributed by atoms with E-state index in [9.17, 15) is 14.0 Å². The van der Waals surface area contributed by atoms with Gasteiger partial charge in [-0.3, -0.25) is 4.79 Å². The molecule has 1 N–H and O–H groups in total. The van der Waals surface area contributed by atoms with Crippen molar-refractivity contribution >= 4 is 11.9 Å². The van der Waals surface area contributed by atoms with Crippen molar-refractivity contribution in [3.63, 3.8) is 0 Å². The van der Waals surface area contributed by atoms with Crippen LogP contribution in [0.5, 0.6) is 0 Å². The van der Waals surface area contributed by atoms with Crippen molar-refractivity contribution in [3.05, 3.63) is 35.6 Å². The third-order valence-electron chi connectivity index (χ3n) is 2.17. The van der Waals surface area contributed by atoms with Crippen molar-refractivity contribution in [1.82, 2.24) is 5.32 Å². The average molecular weight is 267 g/mol. The predicted molar refractivity (Wildman–Crippen MR) is 69.6 cm³/mol. The maximum Gasteiger partial charge on any atom is 0.407 e. The van der Waals surface area contributed by atoms with Gasteiger partial charge in [0.2, 0.25) is 0 Å².